The highest BCUT2D eigenvalue weighted by Gasteiger charge is 2.16. The smallest absolute Gasteiger partial charge is 0.248 e. The Kier molecular flexibility index (Phi) is 8.72. The maximum Gasteiger partial charge on any atom is 0.248 e. The van der Waals surface area contributed by atoms with Crippen LogP contribution in [0, 0.1) is 0 Å². The van der Waals surface area contributed by atoms with Crippen molar-refractivity contribution in [1.29, 1.82) is 0 Å². The molecule has 0 fully saturated rings. The molecule has 0 radical (unpaired) electrons. The van der Waals surface area contributed by atoms with E-state index in [-0.39, 0.29) is 12.5 Å². The van der Waals surface area contributed by atoms with E-state index in [0.717, 1.165) is 41.7 Å². The third-order valence-electron chi connectivity index (χ3n) is 5.01. The second kappa shape index (κ2) is 11.7. The van der Waals surface area contributed by atoms with E-state index in [4.69, 9.17) is 4.74 Å². The van der Waals surface area contributed by atoms with Gasteiger partial charge in [0.05, 0.1) is 13.2 Å². The molecule has 1 amide bonds. The maximum absolute atomic E-state index is 12.9. The van der Waals surface area contributed by atoms with Gasteiger partial charge in [-0.2, -0.15) is 0 Å². The standard InChI is InChI=1S/C25H29BrN2O2/c1-2-3-15-28(25(29)20-30-19-22-8-5-4-6-9-22)18-24-10-7-16-27(24)17-21-11-13-23(26)14-12-21/h4-14,16H,2-3,15,17-20H2,1H3. The predicted octanol–water partition coefficient (Wildman–Crippen LogP) is 5.64. The van der Waals surface area contributed by atoms with Gasteiger partial charge in [-0.05, 0) is 41.8 Å². The van der Waals surface area contributed by atoms with Crippen LogP contribution in [0.1, 0.15) is 36.6 Å². The molecule has 0 N–H and O–H groups in total. The molecule has 0 unspecified atom stereocenters. The topological polar surface area (TPSA) is 34.5 Å². The van der Waals surface area contributed by atoms with Crippen LogP contribution < -0.4 is 0 Å². The molecule has 158 valence electrons. The first kappa shape index (κ1) is 22.3. The SMILES string of the molecule is CCCCN(Cc1cccn1Cc1ccc(Br)cc1)C(=O)COCc1ccccc1. The number of hydrogen-bond donors (Lipinski definition) is 0. The maximum atomic E-state index is 12.9. The lowest BCUT2D eigenvalue weighted by atomic mass is 10.2. The molecule has 0 aliphatic carbocycles. The van der Waals surface area contributed by atoms with Crippen LogP contribution in [0.4, 0.5) is 0 Å². The number of ether oxygens (including phenoxy) is 1. The minimum Gasteiger partial charge on any atom is -0.367 e. The van der Waals surface area contributed by atoms with Gasteiger partial charge in [0.25, 0.3) is 0 Å². The van der Waals surface area contributed by atoms with Crippen molar-refractivity contribution in [1.82, 2.24) is 9.47 Å². The van der Waals surface area contributed by atoms with Crippen molar-refractivity contribution < 1.29 is 9.53 Å². The van der Waals surface area contributed by atoms with Crippen molar-refractivity contribution in [2.24, 2.45) is 0 Å². The van der Waals surface area contributed by atoms with E-state index in [2.05, 4.69) is 63.9 Å². The Balaban J connectivity index is 1.60. The van der Waals surface area contributed by atoms with Crippen LogP contribution in [-0.2, 0) is 29.2 Å². The summed E-state index contributed by atoms with van der Waals surface area (Å²) in [6.07, 6.45) is 4.11. The summed E-state index contributed by atoms with van der Waals surface area (Å²) in [4.78, 5) is 14.8. The first-order valence-corrected chi connectivity index (χ1v) is 11.2. The fourth-order valence-electron chi connectivity index (χ4n) is 3.29. The number of carbonyl (C=O) groups excluding carboxylic acids is 1. The Morgan fingerprint density at radius 3 is 2.50 bits per heavy atom. The normalized spacial score (nSPS) is 10.9. The Hall–Kier alpha value is -2.37. The summed E-state index contributed by atoms with van der Waals surface area (Å²) < 4.78 is 8.98. The van der Waals surface area contributed by atoms with Gasteiger partial charge in [-0.1, -0.05) is 71.7 Å². The predicted molar refractivity (Wildman–Crippen MR) is 124 cm³/mol. The van der Waals surface area contributed by atoms with Crippen LogP contribution >= 0.6 is 15.9 Å². The van der Waals surface area contributed by atoms with Gasteiger partial charge in [0, 0.05) is 29.5 Å². The minimum absolute atomic E-state index is 0.0378. The van der Waals surface area contributed by atoms with E-state index in [1.165, 1.54) is 5.56 Å². The van der Waals surface area contributed by atoms with Gasteiger partial charge in [-0.3, -0.25) is 4.79 Å². The van der Waals surface area contributed by atoms with E-state index in [1.54, 1.807) is 0 Å². The molecule has 3 aromatic rings. The Morgan fingerprint density at radius 2 is 1.77 bits per heavy atom. The van der Waals surface area contributed by atoms with Gasteiger partial charge in [0.15, 0.2) is 0 Å². The third kappa shape index (κ3) is 6.85. The zero-order valence-corrected chi connectivity index (χ0v) is 19.1. The molecule has 0 bridgehead atoms. The van der Waals surface area contributed by atoms with Crippen molar-refractivity contribution >= 4 is 21.8 Å². The lowest BCUT2D eigenvalue weighted by Crippen LogP contribution is -2.35. The van der Waals surface area contributed by atoms with E-state index >= 15 is 0 Å². The van der Waals surface area contributed by atoms with Crippen molar-refractivity contribution in [3.63, 3.8) is 0 Å². The average Bonchev–Trinajstić information content (AvgIpc) is 3.20. The van der Waals surface area contributed by atoms with E-state index in [1.807, 2.05) is 41.3 Å². The number of benzene rings is 2. The number of aromatic nitrogens is 1. The molecule has 0 saturated carbocycles. The van der Waals surface area contributed by atoms with Crippen molar-refractivity contribution in [2.75, 3.05) is 13.2 Å². The second-order valence-electron chi connectivity index (χ2n) is 7.40. The third-order valence-corrected chi connectivity index (χ3v) is 5.54. The highest BCUT2D eigenvalue weighted by Crippen LogP contribution is 2.15. The molecule has 2 aromatic carbocycles. The molecule has 0 aliphatic heterocycles. The molecule has 0 aliphatic rings. The molecule has 0 atom stereocenters. The number of carbonyl (C=O) groups is 1. The number of rotatable bonds is 11. The summed E-state index contributed by atoms with van der Waals surface area (Å²) in [6.45, 7) is 4.82. The molecule has 1 aromatic heterocycles. The first-order valence-electron chi connectivity index (χ1n) is 10.4. The summed E-state index contributed by atoms with van der Waals surface area (Å²) in [6, 6.07) is 22.4. The van der Waals surface area contributed by atoms with Crippen LogP contribution in [0.25, 0.3) is 0 Å². The van der Waals surface area contributed by atoms with E-state index in [9.17, 15) is 4.79 Å². The van der Waals surface area contributed by atoms with Gasteiger partial charge in [-0.15, -0.1) is 0 Å². The summed E-state index contributed by atoms with van der Waals surface area (Å²) >= 11 is 3.48. The van der Waals surface area contributed by atoms with Crippen LogP contribution in [0.2, 0.25) is 0 Å². The highest BCUT2D eigenvalue weighted by molar-refractivity contribution is 9.10. The molecule has 0 spiro atoms. The largest absolute Gasteiger partial charge is 0.367 e. The summed E-state index contributed by atoms with van der Waals surface area (Å²) in [5.74, 6) is 0.0378. The van der Waals surface area contributed by atoms with E-state index < -0.39 is 0 Å². The first-order chi connectivity index (χ1) is 14.7. The van der Waals surface area contributed by atoms with Gasteiger partial charge >= 0.3 is 0 Å². The molecular formula is C25H29BrN2O2. The van der Waals surface area contributed by atoms with Gasteiger partial charge in [-0.25, -0.2) is 0 Å². The molecule has 1 heterocycles. The second-order valence-corrected chi connectivity index (χ2v) is 8.32. The van der Waals surface area contributed by atoms with Gasteiger partial charge in [0.2, 0.25) is 5.91 Å². The van der Waals surface area contributed by atoms with Crippen molar-refractivity contribution in [2.45, 2.75) is 39.5 Å². The fourth-order valence-corrected chi connectivity index (χ4v) is 3.56. The van der Waals surface area contributed by atoms with Crippen LogP contribution in [0.15, 0.2) is 77.4 Å². The molecular weight excluding hydrogens is 440 g/mol. The lowest BCUT2D eigenvalue weighted by Gasteiger charge is -2.23. The minimum atomic E-state index is 0.0378. The average molecular weight is 469 g/mol. The summed E-state index contributed by atoms with van der Waals surface area (Å²) in [5.41, 5.74) is 3.44. The Bertz CT molecular complexity index is 906. The lowest BCUT2D eigenvalue weighted by molar-refractivity contribution is -0.137. The van der Waals surface area contributed by atoms with Gasteiger partial charge in [0.1, 0.15) is 6.61 Å². The van der Waals surface area contributed by atoms with Crippen LogP contribution in [0.3, 0.4) is 0 Å². The summed E-state index contributed by atoms with van der Waals surface area (Å²) in [7, 11) is 0. The summed E-state index contributed by atoms with van der Waals surface area (Å²) in [5, 5.41) is 0. The number of hydrogen-bond acceptors (Lipinski definition) is 2. The molecule has 3 rings (SSSR count). The van der Waals surface area contributed by atoms with Gasteiger partial charge < -0.3 is 14.2 Å². The highest BCUT2D eigenvalue weighted by atomic mass is 79.9. The zero-order valence-electron chi connectivity index (χ0n) is 17.5. The molecule has 5 heteroatoms. The van der Waals surface area contributed by atoms with Crippen LogP contribution in [0.5, 0.6) is 0 Å². The van der Waals surface area contributed by atoms with Crippen molar-refractivity contribution in [3.8, 4) is 0 Å². The fraction of sp³-hybridized carbons (Fsp3) is 0.320. The Morgan fingerprint density at radius 1 is 1.00 bits per heavy atom. The van der Waals surface area contributed by atoms with E-state index in [0.29, 0.717) is 13.2 Å². The molecule has 30 heavy (non-hydrogen) atoms. The Labute approximate surface area is 187 Å². The molecule has 0 saturated heterocycles. The monoisotopic (exact) mass is 468 g/mol. The number of amides is 1. The van der Waals surface area contributed by atoms with Crippen LogP contribution in [-0.4, -0.2) is 28.5 Å². The molecule has 4 nitrogen and oxygen atoms in total. The zero-order chi connectivity index (χ0) is 21.2. The number of nitrogens with zero attached hydrogens (tertiary/aromatic N) is 2. The quantitative estimate of drug-likeness (QED) is 0.364. The number of unbranched alkanes of at least 4 members (excludes halogenated alkanes) is 1. The van der Waals surface area contributed by atoms with Crippen molar-refractivity contribution in [3.05, 3.63) is 94.2 Å². The number of halogens is 1.